The van der Waals surface area contributed by atoms with Crippen molar-refractivity contribution in [1.29, 1.82) is 0 Å². The number of halogens is 2. The van der Waals surface area contributed by atoms with E-state index in [0.717, 1.165) is 67.2 Å². The van der Waals surface area contributed by atoms with Gasteiger partial charge in [0.05, 0.1) is 6.04 Å². The molecule has 2 heterocycles. The van der Waals surface area contributed by atoms with E-state index in [0.29, 0.717) is 11.8 Å². The normalized spacial score (nSPS) is 19.9. The van der Waals surface area contributed by atoms with Gasteiger partial charge in [0.1, 0.15) is 23.1 Å². The van der Waals surface area contributed by atoms with E-state index in [2.05, 4.69) is 23.2 Å². The van der Waals surface area contributed by atoms with E-state index < -0.39 is 11.6 Å². The van der Waals surface area contributed by atoms with E-state index >= 15 is 0 Å². The number of allylic oxidation sites excluding steroid dienone is 1. The average Bonchev–Trinajstić information content (AvgIpc) is 2.78. The van der Waals surface area contributed by atoms with E-state index in [-0.39, 0.29) is 11.8 Å². The number of hydrogen-bond donors (Lipinski definition) is 2. The molecule has 7 heteroatoms. The van der Waals surface area contributed by atoms with E-state index in [9.17, 15) is 8.78 Å². The minimum Gasteiger partial charge on any atom is -0.456 e. The Balaban J connectivity index is 1.76. The lowest BCUT2D eigenvalue weighted by molar-refractivity contribution is 0.456. The summed E-state index contributed by atoms with van der Waals surface area (Å²) in [7, 11) is 2.05. The van der Waals surface area contributed by atoms with Gasteiger partial charge in [-0.3, -0.25) is 4.99 Å². The largest absolute Gasteiger partial charge is 0.456 e. The van der Waals surface area contributed by atoms with Crippen LogP contribution in [0.25, 0.3) is 5.57 Å². The number of aliphatic imine (C=N–C) groups is 1. The van der Waals surface area contributed by atoms with Crippen LogP contribution in [0.4, 0.5) is 14.5 Å². The molecule has 0 amide bonds. The van der Waals surface area contributed by atoms with Gasteiger partial charge >= 0.3 is 0 Å². The second kappa shape index (κ2) is 9.69. The van der Waals surface area contributed by atoms with Gasteiger partial charge in [0.15, 0.2) is 0 Å². The molecular formula is C25H30F2N4O. The Labute approximate surface area is 188 Å². The molecule has 2 aromatic carbocycles. The third-order valence-electron chi connectivity index (χ3n) is 6.37. The van der Waals surface area contributed by atoms with Gasteiger partial charge in [-0.1, -0.05) is 0 Å². The molecule has 1 atom stereocenters. The van der Waals surface area contributed by atoms with Crippen LogP contribution in [0.15, 0.2) is 41.5 Å². The lowest BCUT2D eigenvalue weighted by atomic mass is 9.92. The Morgan fingerprint density at radius 2 is 1.88 bits per heavy atom. The Hall–Kier alpha value is -2.93. The molecule has 1 fully saturated rings. The zero-order chi connectivity index (χ0) is 22.7. The molecule has 1 saturated heterocycles. The molecule has 2 aromatic rings. The summed E-state index contributed by atoms with van der Waals surface area (Å²) in [5.41, 5.74) is 9.54. The highest BCUT2D eigenvalue weighted by Gasteiger charge is 2.26. The van der Waals surface area contributed by atoms with Crippen molar-refractivity contribution in [2.45, 2.75) is 44.7 Å². The third-order valence-corrected chi connectivity index (χ3v) is 6.37. The highest BCUT2D eigenvalue weighted by atomic mass is 19.1. The molecule has 2 aliphatic heterocycles. The molecule has 4 rings (SSSR count). The smallest absolute Gasteiger partial charge is 0.140 e. The van der Waals surface area contributed by atoms with Crippen LogP contribution >= 0.6 is 0 Å². The van der Waals surface area contributed by atoms with Crippen molar-refractivity contribution in [2.24, 2.45) is 10.7 Å². The van der Waals surface area contributed by atoms with Crippen molar-refractivity contribution in [1.82, 2.24) is 5.32 Å². The van der Waals surface area contributed by atoms with Gasteiger partial charge < -0.3 is 20.7 Å². The SMILES string of the molecule is CC1CCc2c(ccc(C(C=NC3CCNCC3)=CN)c2Oc2cc(F)cc(F)c2)N1C. The van der Waals surface area contributed by atoms with Crippen molar-refractivity contribution in [3.63, 3.8) is 0 Å². The first-order chi connectivity index (χ1) is 15.5. The zero-order valence-electron chi connectivity index (χ0n) is 18.6. The maximum absolute atomic E-state index is 13.8. The summed E-state index contributed by atoms with van der Waals surface area (Å²) in [6.45, 7) is 4.08. The van der Waals surface area contributed by atoms with Gasteiger partial charge in [0, 0.05) is 66.1 Å². The van der Waals surface area contributed by atoms with Crippen LogP contribution in [0.1, 0.15) is 37.3 Å². The molecule has 5 nitrogen and oxygen atoms in total. The number of fused-ring (bicyclic) bond motifs is 1. The van der Waals surface area contributed by atoms with Crippen LogP contribution in [-0.4, -0.2) is 38.4 Å². The lowest BCUT2D eigenvalue weighted by Gasteiger charge is -2.35. The molecule has 2 aliphatic rings. The average molecular weight is 441 g/mol. The number of hydrogen-bond acceptors (Lipinski definition) is 5. The molecule has 1 unspecified atom stereocenters. The molecule has 0 bridgehead atoms. The van der Waals surface area contributed by atoms with E-state index in [1.54, 1.807) is 6.21 Å². The van der Waals surface area contributed by atoms with Gasteiger partial charge in [-0.05, 0) is 57.8 Å². The van der Waals surface area contributed by atoms with Gasteiger partial charge in [-0.15, -0.1) is 0 Å². The number of nitrogens with one attached hydrogen (secondary N) is 1. The van der Waals surface area contributed by atoms with Crippen molar-refractivity contribution >= 4 is 17.5 Å². The van der Waals surface area contributed by atoms with Gasteiger partial charge in [-0.2, -0.15) is 0 Å². The number of nitrogens with two attached hydrogens (primary N) is 1. The van der Waals surface area contributed by atoms with Crippen molar-refractivity contribution < 1.29 is 13.5 Å². The second-order valence-electron chi connectivity index (χ2n) is 8.53. The summed E-state index contributed by atoms with van der Waals surface area (Å²) in [6.07, 6.45) is 7.02. The quantitative estimate of drug-likeness (QED) is 0.665. The number of piperidine rings is 1. The van der Waals surface area contributed by atoms with Gasteiger partial charge in [0.25, 0.3) is 0 Å². The molecule has 0 aliphatic carbocycles. The highest BCUT2D eigenvalue weighted by Crippen LogP contribution is 2.42. The number of anilines is 1. The fourth-order valence-electron chi connectivity index (χ4n) is 4.37. The standard InChI is InChI=1S/C25H30F2N4O/c1-16-3-4-23-24(31(16)2)6-5-22(17(14-28)15-30-20-7-9-29-10-8-20)25(23)32-21-12-18(26)11-19(27)13-21/h5-6,11-16,20,29H,3-4,7-10,28H2,1-2H3. The minimum atomic E-state index is -0.681. The molecular weight excluding hydrogens is 410 g/mol. The van der Waals surface area contributed by atoms with Crippen LogP contribution in [0.5, 0.6) is 11.5 Å². The van der Waals surface area contributed by atoms with E-state index in [1.807, 2.05) is 13.1 Å². The number of benzene rings is 2. The predicted octanol–water partition coefficient (Wildman–Crippen LogP) is 4.65. The first-order valence-electron chi connectivity index (χ1n) is 11.1. The van der Waals surface area contributed by atoms with Crippen LogP contribution in [0.3, 0.4) is 0 Å². The van der Waals surface area contributed by atoms with E-state index in [1.165, 1.54) is 18.3 Å². The second-order valence-corrected chi connectivity index (χ2v) is 8.53. The number of nitrogens with zero attached hydrogens (tertiary/aromatic N) is 2. The monoisotopic (exact) mass is 440 g/mol. The lowest BCUT2D eigenvalue weighted by Crippen LogP contribution is -2.33. The van der Waals surface area contributed by atoms with E-state index in [4.69, 9.17) is 15.5 Å². The van der Waals surface area contributed by atoms with Crippen LogP contribution in [-0.2, 0) is 6.42 Å². The molecule has 0 saturated carbocycles. The van der Waals surface area contributed by atoms with Crippen molar-refractivity contribution in [2.75, 3.05) is 25.0 Å². The fourth-order valence-corrected chi connectivity index (χ4v) is 4.37. The van der Waals surface area contributed by atoms with Gasteiger partial charge in [0.2, 0.25) is 0 Å². The number of rotatable bonds is 5. The molecule has 0 radical (unpaired) electrons. The van der Waals surface area contributed by atoms with Crippen LogP contribution in [0.2, 0.25) is 0 Å². The third kappa shape index (κ3) is 4.78. The summed E-state index contributed by atoms with van der Waals surface area (Å²) in [6, 6.07) is 7.86. The topological polar surface area (TPSA) is 62.9 Å². The summed E-state index contributed by atoms with van der Waals surface area (Å²) < 4.78 is 33.9. The summed E-state index contributed by atoms with van der Waals surface area (Å²) >= 11 is 0. The first-order valence-corrected chi connectivity index (χ1v) is 11.1. The molecule has 32 heavy (non-hydrogen) atoms. The predicted molar refractivity (Wildman–Crippen MR) is 126 cm³/mol. The Morgan fingerprint density at radius 3 is 2.56 bits per heavy atom. The Kier molecular flexibility index (Phi) is 6.74. The maximum atomic E-state index is 13.8. The highest BCUT2D eigenvalue weighted by molar-refractivity contribution is 6.11. The maximum Gasteiger partial charge on any atom is 0.140 e. The van der Waals surface area contributed by atoms with Gasteiger partial charge in [-0.25, -0.2) is 8.78 Å². The van der Waals surface area contributed by atoms with Crippen LogP contribution < -0.4 is 20.7 Å². The Morgan fingerprint density at radius 1 is 1.16 bits per heavy atom. The van der Waals surface area contributed by atoms with Crippen molar-refractivity contribution in [3.05, 3.63) is 59.3 Å². The molecule has 170 valence electrons. The van der Waals surface area contributed by atoms with Crippen molar-refractivity contribution in [3.8, 4) is 11.5 Å². The fraction of sp³-hybridized carbons (Fsp3) is 0.400. The zero-order valence-corrected chi connectivity index (χ0v) is 18.6. The molecule has 0 spiro atoms. The minimum absolute atomic E-state index is 0.116. The Bertz CT molecular complexity index is 1010. The first kappa shape index (κ1) is 22.3. The number of ether oxygens (including phenoxy) is 1. The van der Waals surface area contributed by atoms with Crippen LogP contribution in [0, 0.1) is 11.6 Å². The summed E-state index contributed by atoms with van der Waals surface area (Å²) in [4.78, 5) is 6.95. The summed E-state index contributed by atoms with van der Waals surface area (Å²) in [5, 5.41) is 3.34. The molecule has 3 N–H and O–H groups in total. The molecule has 0 aromatic heterocycles. The summed E-state index contributed by atoms with van der Waals surface area (Å²) in [5.74, 6) is -0.678.